The highest BCUT2D eigenvalue weighted by Crippen LogP contribution is 2.18. The monoisotopic (exact) mass is 277 g/mol. The maximum atomic E-state index is 12.3. The van der Waals surface area contributed by atoms with Crippen molar-refractivity contribution in [2.45, 2.75) is 32.9 Å². The fourth-order valence-corrected chi connectivity index (χ4v) is 2.31. The highest BCUT2D eigenvalue weighted by molar-refractivity contribution is 5.97. The first-order valence-corrected chi connectivity index (χ1v) is 6.44. The Morgan fingerprint density at radius 3 is 2.75 bits per heavy atom. The van der Waals surface area contributed by atoms with Crippen LogP contribution in [0, 0.1) is 6.92 Å². The van der Waals surface area contributed by atoms with Crippen LogP contribution in [-0.2, 0) is 16.1 Å². The Morgan fingerprint density at radius 2 is 2.10 bits per heavy atom. The van der Waals surface area contributed by atoms with Crippen molar-refractivity contribution < 1.29 is 14.3 Å². The number of methoxy groups -OCH3 is 1. The Hall–Kier alpha value is -2.11. The highest BCUT2D eigenvalue weighted by atomic mass is 16.5. The first kappa shape index (κ1) is 14.3. The number of aryl methyl sites for hydroxylation is 1. The maximum Gasteiger partial charge on any atom is 0.248 e. The molecule has 1 saturated heterocycles. The fourth-order valence-electron chi connectivity index (χ4n) is 2.31. The summed E-state index contributed by atoms with van der Waals surface area (Å²) in [6.45, 7) is 5.61. The number of nitrogens with one attached hydrogen (secondary N) is 1. The molecule has 6 heteroatoms. The van der Waals surface area contributed by atoms with Gasteiger partial charge in [-0.05, 0) is 20.8 Å². The molecule has 1 N–H and O–H groups in total. The van der Waals surface area contributed by atoms with Gasteiger partial charge in [-0.15, -0.1) is 0 Å². The van der Waals surface area contributed by atoms with Crippen molar-refractivity contribution >= 4 is 11.8 Å². The zero-order valence-corrected chi connectivity index (χ0v) is 12.2. The fraction of sp³-hybridized carbons (Fsp3) is 0.500. The zero-order chi connectivity index (χ0) is 14.9. The second-order valence-electron chi connectivity index (χ2n) is 5.47. The van der Waals surface area contributed by atoms with E-state index in [0.29, 0.717) is 18.0 Å². The SMILES string of the molecule is COc1cc(C)nc(CN2CC(=O)NC(C)(C)C2=O)c1. The Labute approximate surface area is 118 Å². The van der Waals surface area contributed by atoms with Crippen LogP contribution in [0.3, 0.4) is 0 Å². The van der Waals surface area contributed by atoms with Crippen molar-refractivity contribution in [1.29, 1.82) is 0 Å². The summed E-state index contributed by atoms with van der Waals surface area (Å²) in [5.74, 6) is 0.425. The van der Waals surface area contributed by atoms with Gasteiger partial charge >= 0.3 is 0 Å². The number of nitrogens with zero attached hydrogens (tertiary/aromatic N) is 2. The van der Waals surface area contributed by atoms with E-state index in [2.05, 4.69) is 10.3 Å². The molecule has 1 aromatic heterocycles. The molecule has 20 heavy (non-hydrogen) atoms. The third-order valence-corrected chi connectivity index (χ3v) is 3.18. The molecule has 0 spiro atoms. The molecular formula is C14H19N3O3. The molecule has 2 amide bonds. The Bertz CT molecular complexity index is 555. The van der Waals surface area contributed by atoms with Gasteiger partial charge in [-0.25, -0.2) is 0 Å². The minimum Gasteiger partial charge on any atom is -0.497 e. The summed E-state index contributed by atoms with van der Waals surface area (Å²) in [6, 6.07) is 3.60. The number of piperazine rings is 1. The van der Waals surface area contributed by atoms with Gasteiger partial charge in [0.05, 0.1) is 19.3 Å². The van der Waals surface area contributed by atoms with E-state index in [9.17, 15) is 9.59 Å². The molecule has 0 unspecified atom stereocenters. The summed E-state index contributed by atoms with van der Waals surface area (Å²) in [7, 11) is 1.58. The number of carbonyl (C=O) groups excluding carboxylic acids is 2. The van der Waals surface area contributed by atoms with Crippen molar-refractivity contribution in [3.05, 3.63) is 23.5 Å². The summed E-state index contributed by atoms with van der Waals surface area (Å²) >= 11 is 0. The Kier molecular flexibility index (Phi) is 3.65. The van der Waals surface area contributed by atoms with Crippen LogP contribution in [-0.4, -0.2) is 40.9 Å². The number of ether oxygens (including phenoxy) is 1. The summed E-state index contributed by atoms with van der Waals surface area (Å²) in [5, 5.41) is 2.68. The minimum atomic E-state index is -0.872. The number of rotatable bonds is 3. The molecule has 0 atom stereocenters. The molecule has 0 saturated carbocycles. The number of amides is 2. The summed E-state index contributed by atoms with van der Waals surface area (Å²) in [5.41, 5.74) is 0.650. The van der Waals surface area contributed by atoms with E-state index in [1.165, 1.54) is 4.90 Å². The first-order valence-electron chi connectivity index (χ1n) is 6.44. The van der Waals surface area contributed by atoms with E-state index in [-0.39, 0.29) is 18.4 Å². The molecule has 1 aliphatic heterocycles. The van der Waals surface area contributed by atoms with Gasteiger partial charge in [0.1, 0.15) is 17.8 Å². The van der Waals surface area contributed by atoms with Crippen molar-refractivity contribution in [3.63, 3.8) is 0 Å². The average molecular weight is 277 g/mol. The lowest BCUT2D eigenvalue weighted by molar-refractivity contribution is -0.149. The van der Waals surface area contributed by atoms with Gasteiger partial charge in [-0.1, -0.05) is 0 Å². The van der Waals surface area contributed by atoms with Gasteiger partial charge in [0.2, 0.25) is 11.8 Å². The molecule has 1 aliphatic rings. The Balaban J connectivity index is 2.22. The maximum absolute atomic E-state index is 12.3. The number of aromatic nitrogens is 1. The third kappa shape index (κ3) is 2.89. The van der Waals surface area contributed by atoms with E-state index in [0.717, 1.165) is 5.69 Å². The van der Waals surface area contributed by atoms with Crippen molar-refractivity contribution in [3.8, 4) is 5.75 Å². The quantitative estimate of drug-likeness (QED) is 0.880. The number of carbonyl (C=O) groups is 2. The molecule has 1 fully saturated rings. The van der Waals surface area contributed by atoms with Crippen LogP contribution in [0.15, 0.2) is 12.1 Å². The molecule has 108 valence electrons. The topological polar surface area (TPSA) is 71.5 Å². The van der Waals surface area contributed by atoms with Crippen molar-refractivity contribution in [2.24, 2.45) is 0 Å². The van der Waals surface area contributed by atoms with Crippen molar-refractivity contribution in [2.75, 3.05) is 13.7 Å². The zero-order valence-electron chi connectivity index (χ0n) is 12.2. The minimum absolute atomic E-state index is 0.0558. The van der Waals surface area contributed by atoms with Crippen LogP contribution in [0.25, 0.3) is 0 Å². The summed E-state index contributed by atoms with van der Waals surface area (Å²) in [6.07, 6.45) is 0. The lowest BCUT2D eigenvalue weighted by Gasteiger charge is -2.37. The van der Waals surface area contributed by atoms with Crippen LogP contribution in [0.2, 0.25) is 0 Å². The van der Waals surface area contributed by atoms with Crippen molar-refractivity contribution in [1.82, 2.24) is 15.2 Å². The van der Waals surface area contributed by atoms with Crippen LogP contribution < -0.4 is 10.1 Å². The first-order chi connectivity index (χ1) is 9.31. The normalized spacial score (nSPS) is 17.9. The molecule has 0 bridgehead atoms. The second-order valence-corrected chi connectivity index (χ2v) is 5.47. The lowest BCUT2D eigenvalue weighted by Crippen LogP contribution is -2.63. The van der Waals surface area contributed by atoms with Crippen LogP contribution in [0.4, 0.5) is 0 Å². The van der Waals surface area contributed by atoms with E-state index in [4.69, 9.17) is 4.74 Å². The van der Waals surface area contributed by atoms with E-state index >= 15 is 0 Å². The lowest BCUT2D eigenvalue weighted by atomic mass is 10.0. The van der Waals surface area contributed by atoms with E-state index in [1.54, 1.807) is 27.0 Å². The molecule has 2 heterocycles. The predicted octanol–water partition coefficient (Wildman–Crippen LogP) is 0.636. The standard InChI is InChI=1S/C14H19N3O3/c1-9-5-11(20-4)6-10(15-9)7-17-8-12(18)16-14(2,3)13(17)19/h5-6H,7-8H2,1-4H3,(H,16,18). The second kappa shape index (κ2) is 5.11. The molecule has 2 rings (SSSR count). The predicted molar refractivity (Wildman–Crippen MR) is 73.2 cm³/mol. The number of pyridine rings is 1. The molecule has 0 radical (unpaired) electrons. The number of hydrogen-bond acceptors (Lipinski definition) is 4. The molecule has 0 aliphatic carbocycles. The third-order valence-electron chi connectivity index (χ3n) is 3.18. The van der Waals surface area contributed by atoms with Gasteiger partial charge in [0, 0.05) is 17.8 Å². The average Bonchev–Trinajstić information content (AvgIpc) is 2.34. The van der Waals surface area contributed by atoms with Crippen LogP contribution in [0.5, 0.6) is 5.75 Å². The van der Waals surface area contributed by atoms with Gasteiger partial charge in [-0.3, -0.25) is 14.6 Å². The van der Waals surface area contributed by atoms with Gasteiger partial charge < -0.3 is 15.0 Å². The van der Waals surface area contributed by atoms with Crippen LogP contribution in [0.1, 0.15) is 25.2 Å². The molecular weight excluding hydrogens is 258 g/mol. The van der Waals surface area contributed by atoms with E-state index < -0.39 is 5.54 Å². The Morgan fingerprint density at radius 1 is 1.40 bits per heavy atom. The molecule has 1 aromatic rings. The molecule has 6 nitrogen and oxygen atoms in total. The smallest absolute Gasteiger partial charge is 0.248 e. The largest absolute Gasteiger partial charge is 0.497 e. The van der Waals surface area contributed by atoms with Gasteiger partial charge in [0.25, 0.3) is 0 Å². The number of hydrogen-bond donors (Lipinski definition) is 1. The van der Waals surface area contributed by atoms with Crippen LogP contribution >= 0.6 is 0 Å². The summed E-state index contributed by atoms with van der Waals surface area (Å²) < 4.78 is 5.19. The van der Waals surface area contributed by atoms with Gasteiger partial charge in [0.15, 0.2) is 0 Å². The summed E-state index contributed by atoms with van der Waals surface area (Å²) in [4.78, 5) is 29.8. The molecule has 0 aromatic carbocycles. The van der Waals surface area contributed by atoms with E-state index in [1.807, 2.05) is 13.0 Å². The van der Waals surface area contributed by atoms with Gasteiger partial charge in [-0.2, -0.15) is 0 Å². The highest BCUT2D eigenvalue weighted by Gasteiger charge is 2.39.